The highest BCUT2D eigenvalue weighted by Gasteiger charge is 2.31. The van der Waals surface area contributed by atoms with Crippen molar-refractivity contribution in [2.45, 2.75) is 24.8 Å². The topological polar surface area (TPSA) is 128 Å². The molecular weight excluding hydrogens is 522 g/mol. The number of ether oxygens (including phenoxy) is 2. The smallest absolute Gasteiger partial charge is 0.273 e. The van der Waals surface area contributed by atoms with E-state index in [1.54, 1.807) is 38.3 Å². The first-order chi connectivity index (χ1) is 17.5. The van der Waals surface area contributed by atoms with Gasteiger partial charge in [-0.05, 0) is 55.8 Å². The van der Waals surface area contributed by atoms with E-state index in [0.29, 0.717) is 11.3 Å². The van der Waals surface area contributed by atoms with Crippen LogP contribution in [0.2, 0.25) is 5.02 Å². The zero-order valence-electron chi connectivity index (χ0n) is 20.6. The van der Waals surface area contributed by atoms with Crippen molar-refractivity contribution in [3.8, 4) is 11.5 Å². The van der Waals surface area contributed by atoms with Gasteiger partial charge in [0, 0.05) is 16.7 Å². The Morgan fingerprint density at radius 1 is 1.08 bits per heavy atom. The monoisotopic (exact) mass is 547 g/mol. The highest BCUT2D eigenvalue weighted by molar-refractivity contribution is 7.92. The second-order valence-electron chi connectivity index (χ2n) is 8.10. The molecule has 3 aromatic rings. The number of nitro groups is 1. The Bertz CT molecular complexity index is 1410. The average Bonchev–Trinajstić information content (AvgIpc) is 2.87. The highest BCUT2D eigenvalue weighted by Crippen LogP contribution is 2.35. The van der Waals surface area contributed by atoms with Crippen LogP contribution in [-0.2, 0) is 14.8 Å². The summed E-state index contributed by atoms with van der Waals surface area (Å²) in [4.78, 5) is 23.5. The largest absolute Gasteiger partial charge is 0.497 e. The predicted molar refractivity (Wildman–Crippen MR) is 140 cm³/mol. The molecule has 0 radical (unpaired) electrons. The summed E-state index contributed by atoms with van der Waals surface area (Å²) >= 11 is 6.15. The molecule has 0 fully saturated rings. The molecule has 0 unspecified atom stereocenters. The Kier molecular flexibility index (Phi) is 8.61. The molecule has 3 rings (SSSR count). The number of nitrogens with one attached hydrogen (secondary N) is 1. The average molecular weight is 548 g/mol. The van der Waals surface area contributed by atoms with Crippen molar-refractivity contribution < 1.29 is 27.6 Å². The molecule has 10 nitrogen and oxygen atoms in total. The fourth-order valence-corrected chi connectivity index (χ4v) is 5.23. The quantitative estimate of drug-likeness (QED) is 0.289. The number of carbonyl (C=O) groups is 1. The maximum absolute atomic E-state index is 13.8. The van der Waals surface area contributed by atoms with Gasteiger partial charge in [-0.25, -0.2) is 8.42 Å². The van der Waals surface area contributed by atoms with Gasteiger partial charge in [0.05, 0.1) is 35.8 Å². The molecule has 1 amide bonds. The van der Waals surface area contributed by atoms with E-state index in [9.17, 15) is 23.3 Å². The van der Waals surface area contributed by atoms with Crippen LogP contribution in [0.1, 0.15) is 24.1 Å². The third-order valence-electron chi connectivity index (χ3n) is 5.66. The summed E-state index contributed by atoms with van der Waals surface area (Å²) in [6, 6.07) is 14.5. The van der Waals surface area contributed by atoms with Crippen molar-refractivity contribution in [1.82, 2.24) is 5.32 Å². The van der Waals surface area contributed by atoms with Gasteiger partial charge in [-0.2, -0.15) is 0 Å². The van der Waals surface area contributed by atoms with Crippen LogP contribution in [0.5, 0.6) is 11.5 Å². The molecule has 196 valence electrons. The molecule has 1 atom stereocenters. The number of rotatable bonds is 10. The van der Waals surface area contributed by atoms with E-state index >= 15 is 0 Å². The van der Waals surface area contributed by atoms with Gasteiger partial charge in [-0.1, -0.05) is 29.8 Å². The number of sulfonamides is 1. The summed E-state index contributed by atoms with van der Waals surface area (Å²) in [5.74, 6) is 0.181. The number of hydrogen-bond donors (Lipinski definition) is 1. The maximum Gasteiger partial charge on any atom is 0.273 e. The van der Waals surface area contributed by atoms with E-state index < -0.39 is 33.4 Å². The number of aryl methyl sites for hydroxylation is 1. The van der Waals surface area contributed by atoms with Gasteiger partial charge in [0.1, 0.15) is 18.0 Å². The second-order valence-corrected chi connectivity index (χ2v) is 10.4. The van der Waals surface area contributed by atoms with E-state index in [1.165, 1.54) is 44.4 Å². The standard InChI is InChI=1S/C25H26ClN3O7S/c1-16-5-11-21(14-22(16)29(31)32)37(33,34)28(23-13-19(26)8-12-24(23)36-4)15-25(30)27-17(2)18-6-9-20(35-3)10-7-18/h5-14,17H,15H2,1-4H3,(H,27,30)/t17-/m0/s1. The number of benzene rings is 3. The fraction of sp³-hybridized carbons (Fsp3) is 0.240. The van der Waals surface area contributed by atoms with Crippen LogP contribution < -0.4 is 19.1 Å². The van der Waals surface area contributed by atoms with Gasteiger partial charge in [0.15, 0.2) is 0 Å². The summed E-state index contributed by atoms with van der Waals surface area (Å²) in [5.41, 5.74) is 0.710. The minimum atomic E-state index is -4.47. The minimum Gasteiger partial charge on any atom is -0.497 e. The first kappa shape index (κ1) is 27.8. The first-order valence-electron chi connectivity index (χ1n) is 11.0. The zero-order chi connectivity index (χ0) is 27.3. The lowest BCUT2D eigenvalue weighted by Crippen LogP contribution is -2.41. The number of carbonyl (C=O) groups excluding carboxylic acids is 1. The van der Waals surface area contributed by atoms with Crippen molar-refractivity contribution in [3.63, 3.8) is 0 Å². The summed E-state index contributed by atoms with van der Waals surface area (Å²) in [6.45, 7) is 2.61. The molecule has 0 bridgehead atoms. The second kappa shape index (κ2) is 11.5. The number of halogens is 1. The first-order valence-corrected chi connectivity index (χ1v) is 12.8. The fourth-order valence-electron chi connectivity index (χ4n) is 3.62. The van der Waals surface area contributed by atoms with Crippen LogP contribution >= 0.6 is 11.6 Å². The molecule has 0 aliphatic heterocycles. The van der Waals surface area contributed by atoms with Crippen molar-refractivity contribution in [1.29, 1.82) is 0 Å². The molecule has 37 heavy (non-hydrogen) atoms. The SMILES string of the molecule is COc1ccc([C@H](C)NC(=O)CN(c2cc(Cl)ccc2OC)S(=O)(=O)c2ccc(C)c([N+](=O)[O-])c2)cc1. The lowest BCUT2D eigenvalue weighted by Gasteiger charge is -2.26. The van der Waals surface area contributed by atoms with Gasteiger partial charge in [-0.15, -0.1) is 0 Å². The van der Waals surface area contributed by atoms with Crippen LogP contribution in [-0.4, -0.2) is 40.0 Å². The molecule has 0 saturated heterocycles. The molecule has 3 aromatic carbocycles. The van der Waals surface area contributed by atoms with Crippen LogP contribution in [0.4, 0.5) is 11.4 Å². The van der Waals surface area contributed by atoms with Crippen LogP contribution in [0.25, 0.3) is 0 Å². The van der Waals surface area contributed by atoms with Crippen molar-refractivity contribution in [2.24, 2.45) is 0 Å². The molecule has 0 aliphatic carbocycles. The molecule has 0 aliphatic rings. The number of nitro benzene ring substituents is 1. The third-order valence-corrected chi connectivity index (χ3v) is 7.65. The predicted octanol–water partition coefficient (Wildman–Crippen LogP) is 4.65. The summed E-state index contributed by atoms with van der Waals surface area (Å²) in [5, 5.41) is 14.4. The highest BCUT2D eigenvalue weighted by atomic mass is 35.5. The van der Waals surface area contributed by atoms with Crippen molar-refractivity contribution >= 4 is 38.9 Å². The molecule has 0 heterocycles. The molecule has 1 N–H and O–H groups in total. The van der Waals surface area contributed by atoms with Gasteiger partial charge >= 0.3 is 0 Å². The molecule has 0 spiro atoms. The van der Waals surface area contributed by atoms with Gasteiger partial charge in [0.2, 0.25) is 5.91 Å². The summed E-state index contributed by atoms with van der Waals surface area (Å²) < 4.78 is 38.8. The van der Waals surface area contributed by atoms with Gasteiger partial charge in [0.25, 0.3) is 15.7 Å². The third kappa shape index (κ3) is 6.30. The van der Waals surface area contributed by atoms with E-state index in [0.717, 1.165) is 15.9 Å². The van der Waals surface area contributed by atoms with Gasteiger partial charge < -0.3 is 14.8 Å². The molecule has 0 aromatic heterocycles. The minimum absolute atomic E-state index is 0.00507. The number of hydrogen-bond acceptors (Lipinski definition) is 7. The summed E-state index contributed by atoms with van der Waals surface area (Å²) in [7, 11) is -1.58. The number of nitrogens with zero attached hydrogens (tertiary/aromatic N) is 2. The Morgan fingerprint density at radius 2 is 1.76 bits per heavy atom. The normalized spacial score (nSPS) is 11.9. The number of amides is 1. The van der Waals surface area contributed by atoms with E-state index in [-0.39, 0.29) is 27.0 Å². The lowest BCUT2D eigenvalue weighted by molar-refractivity contribution is -0.385. The van der Waals surface area contributed by atoms with Gasteiger partial charge in [-0.3, -0.25) is 19.2 Å². The summed E-state index contributed by atoms with van der Waals surface area (Å²) in [6.07, 6.45) is 0. The molecular formula is C25H26ClN3O7S. The Labute approximate surface area is 220 Å². The Morgan fingerprint density at radius 3 is 2.35 bits per heavy atom. The van der Waals surface area contributed by atoms with Crippen LogP contribution in [0.3, 0.4) is 0 Å². The lowest BCUT2D eigenvalue weighted by atomic mass is 10.1. The van der Waals surface area contributed by atoms with Crippen LogP contribution in [0.15, 0.2) is 65.6 Å². The zero-order valence-corrected chi connectivity index (χ0v) is 22.2. The van der Waals surface area contributed by atoms with E-state index in [2.05, 4.69) is 5.32 Å². The van der Waals surface area contributed by atoms with E-state index in [4.69, 9.17) is 21.1 Å². The number of anilines is 1. The number of methoxy groups -OCH3 is 2. The molecule has 0 saturated carbocycles. The Balaban J connectivity index is 2.01. The maximum atomic E-state index is 13.8. The van der Waals surface area contributed by atoms with Crippen LogP contribution in [0, 0.1) is 17.0 Å². The van der Waals surface area contributed by atoms with Crippen molar-refractivity contribution in [3.05, 3.63) is 86.9 Å². The van der Waals surface area contributed by atoms with Crippen molar-refractivity contribution in [2.75, 3.05) is 25.1 Å². The Hall–Kier alpha value is -3.83. The molecule has 12 heteroatoms. The van der Waals surface area contributed by atoms with E-state index in [1.807, 2.05) is 0 Å².